The number of imidazole rings is 1. The van der Waals surface area contributed by atoms with Crippen molar-refractivity contribution in [2.75, 3.05) is 0 Å². The molecule has 2 atom stereocenters. The minimum absolute atomic E-state index is 0.0653. The summed E-state index contributed by atoms with van der Waals surface area (Å²) in [7, 11) is 0. The molecule has 2 rings (SSSR count). The topological polar surface area (TPSA) is 78.0 Å². The SMILES string of the molecule is CC(C)CC(NC(=O)CC(O)C(C)C)c1nc2ccccc2[nH]1. The third-order valence-corrected chi connectivity index (χ3v) is 3.94. The molecule has 2 unspecified atom stereocenters. The summed E-state index contributed by atoms with van der Waals surface area (Å²) in [6.07, 6.45) is 0.293. The van der Waals surface area contributed by atoms with Gasteiger partial charge in [0.05, 0.1) is 29.6 Å². The Labute approximate surface area is 137 Å². The molecule has 3 N–H and O–H groups in total. The first-order valence-corrected chi connectivity index (χ1v) is 8.29. The highest BCUT2D eigenvalue weighted by atomic mass is 16.3. The van der Waals surface area contributed by atoms with Gasteiger partial charge >= 0.3 is 0 Å². The van der Waals surface area contributed by atoms with Gasteiger partial charge in [0.1, 0.15) is 5.82 Å². The van der Waals surface area contributed by atoms with Crippen LogP contribution in [-0.2, 0) is 4.79 Å². The first-order valence-electron chi connectivity index (χ1n) is 8.29. The van der Waals surface area contributed by atoms with Crippen LogP contribution in [0.1, 0.15) is 52.4 Å². The van der Waals surface area contributed by atoms with E-state index in [4.69, 9.17) is 0 Å². The quantitative estimate of drug-likeness (QED) is 0.734. The number of hydrogen-bond acceptors (Lipinski definition) is 3. The van der Waals surface area contributed by atoms with Crippen LogP contribution in [0.15, 0.2) is 24.3 Å². The smallest absolute Gasteiger partial charge is 0.223 e. The van der Waals surface area contributed by atoms with Crippen LogP contribution in [0.2, 0.25) is 0 Å². The minimum atomic E-state index is -0.620. The molecule has 2 aromatic rings. The zero-order chi connectivity index (χ0) is 17.0. The molecule has 0 saturated heterocycles. The van der Waals surface area contributed by atoms with E-state index in [9.17, 15) is 9.90 Å². The molecule has 5 nitrogen and oxygen atoms in total. The highest BCUT2D eigenvalue weighted by Gasteiger charge is 2.22. The Bertz CT molecular complexity index is 616. The van der Waals surface area contributed by atoms with Crippen LogP contribution in [0.4, 0.5) is 0 Å². The van der Waals surface area contributed by atoms with Crippen molar-refractivity contribution in [1.29, 1.82) is 0 Å². The second-order valence-electron chi connectivity index (χ2n) is 6.90. The summed E-state index contributed by atoms with van der Waals surface area (Å²) in [6, 6.07) is 7.66. The number of carbonyl (C=O) groups excluding carboxylic acids is 1. The van der Waals surface area contributed by atoms with Crippen LogP contribution in [-0.4, -0.2) is 27.1 Å². The van der Waals surface area contributed by atoms with Crippen molar-refractivity contribution in [3.05, 3.63) is 30.1 Å². The van der Waals surface area contributed by atoms with Gasteiger partial charge in [0, 0.05) is 0 Å². The number of fused-ring (bicyclic) bond motifs is 1. The summed E-state index contributed by atoms with van der Waals surface area (Å²) in [6.45, 7) is 8.04. The number of benzene rings is 1. The van der Waals surface area contributed by atoms with E-state index in [1.165, 1.54) is 0 Å². The van der Waals surface area contributed by atoms with Gasteiger partial charge in [0.2, 0.25) is 5.91 Å². The van der Waals surface area contributed by atoms with Crippen molar-refractivity contribution in [3.63, 3.8) is 0 Å². The van der Waals surface area contributed by atoms with Gasteiger partial charge < -0.3 is 15.4 Å². The molecule has 0 fully saturated rings. The minimum Gasteiger partial charge on any atom is -0.392 e. The Hall–Kier alpha value is -1.88. The van der Waals surface area contributed by atoms with Crippen molar-refractivity contribution < 1.29 is 9.90 Å². The summed E-state index contributed by atoms with van der Waals surface area (Å²) in [5, 5.41) is 12.9. The molecule has 0 aliphatic rings. The van der Waals surface area contributed by atoms with E-state index in [1.807, 2.05) is 38.1 Å². The molecule has 0 aliphatic carbocycles. The first-order chi connectivity index (χ1) is 10.9. The van der Waals surface area contributed by atoms with E-state index in [0.29, 0.717) is 5.92 Å². The highest BCUT2D eigenvalue weighted by Crippen LogP contribution is 2.22. The first kappa shape index (κ1) is 17.5. The van der Waals surface area contributed by atoms with Crippen LogP contribution in [0.25, 0.3) is 11.0 Å². The molecule has 1 aromatic carbocycles. The van der Waals surface area contributed by atoms with Crippen molar-refractivity contribution in [1.82, 2.24) is 15.3 Å². The molecule has 0 bridgehead atoms. The predicted molar refractivity (Wildman–Crippen MR) is 91.9 cm³/mol. The number of aromatic amines is 1. The number of aliphatic hydroxyl groups excluding tert-OH is 1. The second kappa shape index (κ2) is 7.59. The maximum Gasteiger partial charge on any atom is 0.223 e. The number of rotatable bonds is 7. The maximum atomic E-state index is 12.2. The van der Waals surface area contributed by atoms with Crippen molar-refractivity contribution >= 4 is 16.9 Å². The van der Waals surface area contributed by atoms with Gasteiger partial charge in [-0.1, -0.05) is 39.8 Å². The van der Waals surface area contributed by atoms with Crippen LogP contribution < -0.4 is 5.32 Å². The fraction of sp³-hybridized carbons (Fsp3) is 0.556. The molecule has 1 amide bonds. The van der Waals surface area contributed by atoms with Crippen molar-refractivity contribution in [2.24, 2.45) is 11.8 Å². The Morgan fingerprint density at radius 1 is 1.26 bits per heavy atom. The monoisotopic (exact) mass is 317 g/mol. The van der Waals surface area contributed by atoms with Gasteiger partial charge in [-0.3, -0.25) is 4.79 Å². The highest BCUT2D eigenvalue weighted by molar-refractivity contribution is 5.78. The Kier molecular flexibility index (Phi) is 5.77. The molecule has 0 aliphatic heterocycles. The molecular weight excluding hydrogens is 290 g/mol. The van der Waals surface area contributed by atoms with Crippen LogP contribution in [0.5, 0.6) is 0 Å². The second-order valence-corrected chi connectivity index (χ2v) is 6.90. The van der Waals surface area contributed by atoms with Gasteiger partial charge in [-0.25, -0.2) is 4.98 Å². The molecule has 1 heterocycles. The lowest BCUT2D eigenvalue weighted by Gasteiger charge is -2.20. The maximum absolute atomic E-state index is 12.2. The van der Waals surface area contributed by atoms with Gasteiger partial charge in [-0.05, 0) is 30.4 Å². The summed E-state index contributed by atoms with van der Waals surface area (Å²) >= 11 is 0. The predicted octanol–water partition coefficient (Wildman–Crippen LogP) is 3.17. The van der Waals surface area contributed by atoms with Gasteiger partial charge in [-0.15, -0.1) is 0 Å². The number of aliphatic hydroxyl groups is 1. The normalized spacial score (nSPS) is 14.4. The Morgan fingerprint density at radius 2 is 1.96 bits per heavy atom. The number of nitrogens with one attached hydrogen (secondary N) is 2. The van der Waals surface area contributed by atoms with E-state index in [0.717, 1.165) is 23.3 Å². The Morgan fingerprint density at radius 3 is 2.57 bits per heavy atom. The van der Waals surface area contributed by atoms with Crippen LogP contribution >= 0.6 is 0 Å². The molecule has 1 aromatic heterocycles. The van der Waals surface area contributed by atoms with E-state index in [2.05, 4.69) is 29.1 Å². The summed E-state index contributed by atoms with van der Waals surface area (Å²) in [4.78, 5) is 20.1. The Balaban J connectivity index is 2.14. The molecule has 5 heteroatoms. The number of nitrogens with zero attached hydrogens (tertiary/aromatic N) is 1. The molecule has 0 saturated carbocycles. The third kappa shape index (κ3) is 4.79. The molecular formula is C18H27N3O2. The number of hydrogen-bond donors (Lipinski definition) is 3. The fourth-order valence-electron chi connectivity index (χ4n) is 2.53. The number of amides is 1. The lowest BCUT2D eigenvalue weighted by Crippen LogP contribution is -2.33. The summed E-state index contributed by atoms with van der Waals surface area (Å²) in [5.74, 6) is 1.11. The van der Waals surface area contributed by atoms with Crippen LogP contribution in [0.3, 0.4) is 0 Å². The lowest BCUT2D eigenvalue weighted by atomic mass is 10.0. The van der Waals surface area contributed by atoms with Gasteiger partial charge in [-0.2, -0.15) is 0 Å². The molecule has 0 spiro atoms. The zero-order valence-electron chi connectivity index (χ0n) is 14.3. The van der Waals surface area contributed by atoms with Gasteiger partial charge in [0.25, 0.3) is 0 Å². The van der Waals surface area contributed by atoms with Crippen LogP contribution in [0, 0.1) is 11.8 Å². The summed E-state index contributed by atoms with van der Waals surface area (Å²) in [5.41, 5.74) is 1.86. The fourth-order valence-corrected chi connectivity index (χ4v) is 2.53. The number of H-pyrrole nitrogens is 1. The average Bonchev–Trinajstić information content (AvgIpc) is 2.89. The number of carbonyl (C=O) groups is 1. The van der Waals surface area contributed by atoms with E-state index >= 15 is 0 Å². The van der Waals surface area contributed by atoms with E-state index in [-0.39, 0.29) is 24.3 Å². The average molecular weight is 317 g/mol. The standard InChI is InChI=1S/C18H27N3O2/c1-11(2)9-15(19-17(23)10-16(22)12(3)4)18-20-13-7-5-6-8-14(13)21-18/h5-8,11-12,15-16,22H,9-10H2,1-4H3,(H,19,23)(H,20,21). The van der Waals surface area contributed by atoms with Gasteiger partial charge in [0.15, 0.2) is 0 Å². The third-order valence-electron chi connectivity index (χ3n) is 3.94. The zero-order valence-corrected chi connectivity index (χ0v) is 14.3. The van der Waals surface area contributed by atoms with Crippen molar-refractivity contribution in [3.8, 4) is 0 Å². The largest absolute Gasteiger partial charge is 0.392 e. The summed E-state index contributed by atoms with van der Waals surface area (Å²) < 4.78 is 0. The molecule has 23 heavy (non-hydrogen) atoms. The molecule has 0 radical (unpaired) electrons. The van der Waals surface area contributed by atoms with E-state index in [1.54, 1.807) is 0 Å². The number of aromatic nitrogens is 2. The molecule has 126 valence electrons. The van der Waals surface area contributed by atoms with E-state index < -0.39 is 6.10 Å². The number of para-hydroxylation sites is 2. The lowest BCUT2D eigenvalue weighted by molar-refractivity contribution is -0.124. The van der Waals surface area contributed by atoms with Crippen molar-refractivity contribution in [2.45, 2.75) is 52.7 Å².